The van der Waals surface area contributed by atoms with E-state index < -0.39 is 0 Å². The molecule has 0 radical (unpaired) electrons. The Morgan fingerprint density at radius 2 is 1.96 bits per heavy atom. The number of hydrogen-bond acceptors (Lipinski definition) is 2. The second kappa shape index (κ2) is 6.36. The number of carbonyl (C=O) groups is 1. The fourth-order valence-electron chi connectivity index (χ4n) is 4.18. The summed E-state index contributed by atoms with van der Waals surface area (Å²) >= 11 is 6.57. The number of aryl methyl sites for hydroxylation is 1. The minimum atomic E-state index is 0.0993. The molecule has 2 aromatic rings. The van der Waals surface area contributed by atoms with Crippen molar-refractivity contribution < 1.29 is 4.79 Å². The van der Waals surface area contributed by atoms with Gasteiger partial charge in [0.1, 0.15) is 0 Å². The molecule has 0 spiro atoms. The van der Waals surface area contributed by atoms with E-state index in [-0.39, 0.29) is 5.91 Å². The quantitative estimate of drug-likeness (QED) is 0.786. The van der Waals surface area contributed by atoms with Crippen LogP contribution in [0.25, 0.3) is 10.9 Å². The summed E-state index contributed by atoms with van der Waals surface area (Å²) in [6.07, 6.45) is 9.11. The molecule has 0 bridgehead atoms. The van der Waals surface area contributed by atoms with E-state index in [0.717, 1.165) is 59.3 Å². The van der Waals surface area contributed by atoms with Gasteiger partial charge in [-0.05, 0) is 49.8 Å². The van der Waals surface area contributed by atoms with Gasteiger partial charge < -0.3 is 4.90 Å². The first-order chi connectivity index (χ1) is 11.6. The Labute approximate surface area is 148 Å². The summed E-state index contributed by atoms with van der Waals surface area (Å²) in [4.78, 5) is 19.6. The van der Waals surface area contributed by atoms with Crippen LogP contribution in [0.5, 0.6) is 0 Å². The fourth-order valence-corrected chi connectivity index (χ4v) is 4.54. The number of rotatable bonds is 2. The molecule has 126 valence electrons. The molecule has 1 amide bonds. The van der Waals surface area contributed by atoms with Crippen LogP contribution in [-0.4, -0.2) is 28.9 Å². The Morgan fingerprint density at radius 1 is 1.17 bits per heavy atom. The van der Waals surface area contributed by atoms with Crippen LogP contribution in [0.1, 0.15) is 60.1 Å². The molecule has 0 unspecified atom stereocenters. The third-order valence-corrected chi connectivity index (χ3v) is 6.06. The fraction of sp³-hybridized carbons (Fsp3) is 0.500. The van der Waals surface area contributed by atoms with E-state index >= 15 is 0 Å². The Morgan fingerprint density at radius 3 is 2.75 bits per heavy atom. The molecule has 0 atom stereocenters. The Balaban J connectivity index is 1.67. The molecule has 0 aliphatic heterocycles. The van der Waals surface area contributed by atoms with E-state index in [1.165, 1.54) is 24.8 Å². The molecule has 2 aliphatic rings. The highest BCUT2D eigenvalue weighted by Crippen LogP contribution is 2.34. The van der Waals surface area contributed by atoms with E-state index in [4.69, 9.17) is 16.6 Å². The zero-order valence-corrected chi connectivity index (χ0v) is 14.9. The predicted molar refractivity (Wildman–Crippen MR) is 97.7 cm³/mol. The summed E-state index contributed by atoms with van der Waals surface area (Å²) in [7, 11) is 1.94. The zero-order chi connectivity index (χ0) is 16.7. The molecule has 1 saturated carbocycles. The van der Waals surface area contributed by atoms with Crippen molar-refractivity contribution in [3.63, 3.8) is 0 Å². The highest BCUT2D eigenvalue weighted by atomic mass is 35.5. The van der Waals surface area contributed by atoms with Crippen LogP contribution in [0.4, 0.5) is 0 Å². The zero-order valence-electron chi connectivity index (χ0n) is 14.1. The van der Waals surface area contributed by atoms with Gasteiger partial charge in [-0.2, -0.15) is 0 Å². The van der Waals surface area contributed by atoms with Gasteiger partial charge in [-0.15, -0.1) is 0 Å². The number of hydrogen-bond donors (Lipinski definition) is 0. The van der Waals surface area contributed by atoms with Gasteiger partial charge in [0.15, 0.2) is 0 Å². The van der Waals surface area contributed by atoms with Crippen molar-refractivity contribution in [3.8, 4) is 0 Å². The maximum Gasteiger partial charge on any atom is 0.253 e. The average molecular weight is 343 g/mol. The monoisotopic (exact) mass is 342 g/mol. The van der Waals surface area contributed by atoms with Crippen molar-refractivity contribution in [1.82, 2.24) is 9.88 Å². The van der Waals surface area contributed by atoms with E-state index in [9.17, 15) is 4.79 Å². The van der Waals surface area contributed by atoms with Crippen molar-refractivity contribution in [2.24, 2.45) is 0 Å². The number of halogens is 1. The number of amides is 1. The second-order valence-electron chi connectivity index (χ2n) is 7.14. The van der Waals surface area contributed by atoms with Crippen LogP contribution in [0.15, 0.2) is 18.2 Å². The standard InChI is InChI=1S/C20H23ClN2O/c1-23(14-6-3-2-4-7-14)20(24)13-10-11-16-18(12-13)22-17-9-5-8-15(17)19(16)21/h10-12,14H,2-9H2,1H3. The number of aromatic nitrogens is 1. The van der Waals surface area contributed by atoms with Crippen LogP contribution in [0, 0.1) is 0 Å². The van der Waals surface area contributed by atoms with Gasteiger partial charge in [0.25, 0.3) is 5.91 Å². The first-order valence-electron chi connectivity index (χ1n) is 9.03. The number of pyridine rings is 1. The van der Waals surface area contributed by atoms with Gasteiger partial charge in [-0.25, -0.2) is 0 Å². The highest BCUT2D eigenvalue weighted by molar-refractivity contribution is 6.36. The van der Waals surface area contributed by atoms with Crippen molar-refractivity contribution in [2.75, 3.05) is 7.05 Å². The number of fused-ring (bicyclic) bond motifs is 2. The molecule has 1 aromatic carbocycles. The molecule has 4 heteroatoms. The van der Waals surface area contributed by atoms with Crippen LogP contribution in [0.2, 0.25) is 5.02 Å². The summed E-state index contributed by atoms with van der Waals surface area (Å²) < 4.78 is 0. The van der Waals surface area contributed by atoms with Crippen molar-refractivity contribution >= 4 is 28.4 Å². The summed E-state index contributed by atoms with van der Waals surface area (Å²) in [5.41, 5.74) is 3.88. The lowest BCUT2D eigenvalue weighted by Crippen LogP contribution is -2.38. The molecule has 1 fully saturated rings. The Kier molecular flexibility index (Phi) is 4.21. The lowest BCUT2D eigenvalue weighted by molar-refractivity contribution is 0.0696. The first-order valence-corrected chi connectivity index (χ1v) is 9.41. The molecule has 0 N–H and O–H groups in total. The van der Waals surface area contributed by atoms with Gasteiger partial charge in [0.2, 0.25) is 0 Å². The lowest BCUT2D eigenvalue weighted by atomic mass is 9.94. The third-order valence-electron chi connectivity index (χ3n) is 5.63. The smallest absolute Gasteiger partial charge is 0.253 e. The molecule has 3 nitrogen and oxygen atoms in total. The van der Waals surface area contributed by atoms with Crippen molar-refractivity contribution in [2.45, 2.75) is 57.4 Å². The Hall–Kier alpha value is -1.61. The third kappa shape index (κ3) is 2.69. The minimum Gasteiger partial charge on any atom is -0.339 e. The van der Waals surface area contributed by atoms with E-state index in [2.05, 4.69) is 0 Å². The van der Waals surface area contributed by atoms with Crippen molar-refractivity contribution in [3.05, 3.63) is 40.0 Å². The van der Waals surface area contributed by atoms with E-state index in [1.54, 1.807) is 0 Å². The molecule has 1 heterocycles. The predicted octanol–water partition coefficient (Wildman–Crippen LogP) is 4.78. The van der Waals surface area contributed by atoms with Crippen LogP contribution < -0.4 is 0 Å². The van der Waals surface area contributed by atoms with Crippen molar-refractivity contribution in [1.29, 1.82) is 0 Å². The molecular weight excluding hydrogens is 320 g/mol. The summed E-state index contributed by atoms with van der Waals surface area (Å²) in [5, 5.41) is 1.79. The van der Waals surface area contributed by atoms with Gasteiger partial charge in [0.05, 0.1) is 10.5 Å². The van der Waals surface area contributed by atoms with Gasteiger partial charge in [-0.1, -0.05) is 36.9 Å². The summed E-state index contributed by atoms with van der Waals surface area (Å²) in [6.45, 7) is 0. The molecule has 2 aliphatic carbocycles. The van der Waals surface area contributed by atoms with Gasteiger partial charge in [0, 0.05) is 29.7 Å². The molecule has 0 saturated heterocycles. The number of nitrogens with zero attached hydrogens (tertiary/aromatic N) is 2. The van der Waals surface area contributed by atoms with Gasteiger partial charge >= 0.3 is 0 Å². The van der Waals surface area contributed by atoms with Gasteiger partial charge in [-0.3, -0.25) is 9.78 Å². The number of benzene rings is 1. The summed E-state index contributed by atoms with van der Waals surface area (Å²) in [5.74, 6) is 0.0993. The average Bonchev–Trinajstić information content (AvgIpc) is 3.09. The largest absolute Gasteiger partial charge is 0.339 e. The minimum absolute atomic E-state index is 0.0993. The first kappa shape index (κ1) is 15.9. The van der Waals surface area contributed by atoms with Crippen LogP contribution >= 0.6 is 11.6 Å². The number of carbonyl (C=O) groups excluding carboxylic acids is 1. The lowest BCUT2D eigenvalue weighted by Gasteiger charge is -2.31. The Bertz CT molecular complexity index is 796. The second-order valence-corrected chi connectivity index (χ2v) is 7.52. The summed E-state index contributed by atoms with van der Waals surface area (Å²) in [6, 6.07) is 6.16. The molecule has 1 aromatic heterocycles. The van der Waals surface area contributed by atoms with E-state index in [1.807, 2.05) is 30.1 Å². The SMILES string of the molecule is CN(C(=O)c1ccc2c(Cl)c3c(nc2c1)CCC3)C1CCCCC1. The maximum absolute atomic E-state index is 12.9. The van der Waals surface area contributed by atoms with Crippen LogP contribution in [0.3, 0.4) is 0 Å². The molecule has 4 rings (SSSR count). The van der Waals surface area contributed by atoms with E-state index in [0.29, 0.717) is 6.04 Å². The van der Waals surface area contributed by atoms with Crippen LogP contribution in [-0.2, 0) is 12.8 Å². The molecular formula is C20H23ClN2O. The topological polar surface area (TPSA) is 33.2 Å². The normalized spacial score (nSPS) is 17.9. The maximum atomic E-state index is 12.9. The molecule has 24 heavy (non-hydrogen) atoms. The highest BCUT2D eigenvalue weighted by Gasteiger charge is 2.24.